The Morgan fingerprint density at radius 1 is 1.04 bits per heavy atom. The zero-order valence-corrected chi connectivity index (χ0v) is 13.9. The lowest BCUT2D eigenvalue weighted by molar-refractivity contribution is 0.104. The second-order valence-electron chi connectivity index (χ2n) is 5.85. The number of hydrogen-bond acceptors (Lipinski definition) is 4. The van der Waals surface area contributed by atoms with E-state index in [2.05, 4.69) is 22.3 Å². The van der Waals surface area contributed by atoms with Crippen molar-refractivity contribution in [3.63, 3.8) is 0 Å². The zero-order valence-electron chi connectivity index (χ0n) is 13.9. The maximum absolute atomic E-state index is 12.1. The van der Waals surface area contributed by atoms with Crippen molar-refractivity contribution in [3.05, 3.63) is 71.9 Å². The van der Waals surface area contributed by atoms with Crippen molar-refractivity contribution in [2.75, 3.05) is 36.5 Å². The number of nitrogens with one attached hydrogen (secondary N) is 1. The molecule has 2 aromatic rings. The van der Waals surface area contributed by atoms with E-state index in [1.807, 2.05) is 43.3 Å². The largest absolute Gasteiger partial charge is 0.378 e. The van der Waals surface area contributed by atoms with E-state index in [4.69, 9.17) is 4.74 Å². The number of rotatable bonds is 5. The molecule has 24 heavy (non-hydrogen) atoms. The molecule has 4 heteroatoms. The van der Waals surface area contributed by atoms with E-state index in [1.54, 1.807) is 12.3 Å². The Morgan fingerprint density at radius 2 is 1.71 bits per heavy atom. The van der Waals surface area contributed by atoms with Crippen LogP contribution >= 0.6 is 0 Å². The standard InChI is InChI=1S/C20H22N2O2/c1-16-2-4-17(5-3-16)20(23)10-11-21-18-6-8-19(9-7-18)22-12-14-24-15-13-22/h2-11,21H,12-15H2,1H3. The number of anilines is 2. The quantitative estimate of drug-likeness (QED) is 0.674. The van der Waals surface area contributed by atoms with Crippen LogP contribution in [0.3, 0.4) is 0 Å². The fourth-order valence-corrected chi connectivity index (χ4v) is 2.62. The summed E-state index contributed by atoms with van der Waals surface area (Å²) in [6.07, 6.45) is 3.24. The first kappa shape index (κ1) is 16.3. The first-order chi connectivity index (χ1) is 11.7. The third kappa shape index (κ3) is 4.24. The molecule has 1 saturated heterocycles. The van der Waals surface area contributed by atoms with Crippen LogP contribution in [-0.2, 0) is 4.74 Å². The minimum atomic E-state index is -0.00700. The van der Waals surface area contributed by atoms with Gasteiger partial charge in [-0.25, -0.2) is 0 Å². The summed E-state index contributed by atoms with van der Waals surface area (Å²) in [7, 11) is 0. The first-order valence-electron chi connectivity index (χ1n) is 8.19. The molecule has 0 aliphatic carbocycles. The molecule has 0 aromatic heterocycles. The summed E-state index contributed by atoms with van der Waals surface area (Å²) in [6, 6.07) is 15.8. The van der Waals surface area contributed by atoms with E-state index >= 15 is 0 Å². The average molecular weight is 322 g/mol. The van der Waals surface area contributed by atoms with Gasteiger partial charge in [0.25, 0.3) is 0 Å². The summed E-state index contributed by atoms with van der Waals surface area (Å²) in [5, 5.41) is 3.14. The van der Waals surface area contributed by atoms with Crippen molar-refractivity contribution < 1.29 is 9.53 Å². The second-order valence-corrected chi connectivity index (χ2v) is 5.85. The summed E-state index contributed by atoms with van der Waals surface area (Å²) in [5.74, 6) is -0.00700. The third-order valence-corrected chi connectivity index (χ3v) is 4.06. The van der Waals surface area contributed by atoms with E-state index in [1.165, 1.54) is 5.69 Å². The van der Waals surface area contributed by atoms with Gasteiger partial charge in [0.2, 0.25) is 0 Å². The molecule has 2 aromatic carbocycles. The predicted octanol–water partition coefficient (Wildman–Crippen LogP) is 3.64. The Labute approximate surface area is 142 Å². The van der Waals surface area contributed by atoms with Gasteiger partial charge in [0.15, 0.2) is 5.78 Å². The molecule has 0 unspecified atom stereocenters. The van der Waals surface area contributed by atoms with Crippen LogP contribution in [0.2, 0.25) is 0 Å². The van der Waals surface area contributed by atoms with Crippen LogP contribution in [0.5, 0.6) is 0 Å². The van der Waals surface area contributed by atoms with Gasteiger partial charge in [0.05, 0.1) is 13.2 Å². The molecule has 0 spiro atoms. The molecule has 1 fully saturated rings. The molecule has 3 rings (SSSR count). The molecule has 1 N–H and O–H groups in total. The fourth-order valence-electron chi connectivity index (χ4n) is 2.62. The highest BCUT2D eigenvalue weighted by Gasteiger charge is 2.10. The van der Waals surface area contributed by atoms with Crippen LogP contribution in [-0.4, -0.2) is 32.1 Å². The Morgan fingerprint density at radius 3 is 2.38 bits per heavy atom. The van der Waals surface area contributed by atoms with E-state index in [9.17, 15) is 4.79 Å². The molecule has 0 bridgehead atoms. The van der Waals surface area contributed by atoms with Crippen molar-refractivity contribution >= 4 is 17.2 Å². The van der Waals surface area contributed by atoms with Crippen molar-refractivity contribution in [2.45, 2.75) is 6.92 Å². The van der Waals surface area contributed by atoms with Gasteiger partial charge in [0, 0.05) is 42.3 Å². The summed E-state index contributed by atoms with van der Waals surface area (Å²) in [5.41, 5.74) is 4.00. The number of hydrogen-bond donors (Lipinski definition) is 1. The minimum Gasteiger partial charge on any atom is -0.378 e. The summed E-state index contributed by atoms with van der Waals surface area (Å²) >= 11 is 0. The number of morpholine rings is 1. The molecule has 0 atom stereocenters. The first-order valence-corrected chi connectivity index (χ1v) is 8.19. The summed E-state index contributed by atoms with van der Waals surface area (Å²) in [4.78, 5) is 14.4. The van der Waals surface area contributed by atoms with Crippen LogP contribution in [0.15, 0.2) is 60.8 Å². The number of benzene rings is 2. The predicted molar refractivity (Wildman–Crippen MR) is 97.7 cm³/mol. The van der Waals surface area contributed by atoms with E-state index in [0.717, 1.165) is 37.6 Å². The fraction of sp³-hybridized carbons (Fsp3) is 0.250. The molecular weight excluding hydrogens is 300 g/mol. The number of aryl methyl sites for hydroxylation is 1. The van der Waals surface area contributed by atoms with Gasteiger partial charge in [-0.1, -0.05) is 29.8 Å². The van der Waals surface area contributed by atoms with Gasteiger partial charge in [-0.15, -0.1) is 0 Å². The summed E-state index contributed by atoms with van der Waals surface area (Å²) in [6.45, 7) is 5.43. The van der Waals surface area contributed by atoms with Gasteiger partial charge >= 0.3 is 0 Å². The third-order valence-electron chi connectivity index (χ3n) is 4.06. The van der Waals surface area contributed by atoms with Gasteiger partial charge < -0.3 is 15.0 Å². The molecule has 4 nitrogen and oxygen atoms in total. The zero-order chi connectivity index (χ0) is 16.8. The number of ketones is 1. The van der Waals surface area contributed by atoms with Gasteiger partial charge in [-0.05, 0) is 31.2 Å². The van der Waals surface area contributed by atoms with Crippen molar-refractivity contribution in [1.29, 1.82) is 0 Å². The van der Waals surface area contributed by atoms with Gasteiger partial charge in [-0.2, -0.15) is 0 Å². The average Bonchev–Trinajstić information content (AvgIpc) is 2.63. The molecule has 1 heterocycles. The highest BCUT2D eigenvalue weighted by Crippen LogP contribution is 2.19. The number of carbonyl (C=O) groups excluding carboxylic acids is 1. The van der Waals surface area contributed by atoms with E-state index in [-0.39, 0.29) is 5.78 Å². The summed E-state index contributed by atoms with van der Waals surface area (Å²) < 4.78 is 5.37. The molecule has 124 valence electrons. The van der Waals surface area contributed by atoms with Crippen molar-refractivity contribution in [1.82, 2.24) is 0 Å². The van der Waals surface area contributed by atoms with Crippen LogP contribution in [0.25, 0.3) is 0 Å². The maximum Gasteiger partial charge on any atom is 0.187 e. The maximum atomic E-state index is 12.1. The Kier molecular flexibility index (Phi) is 5.29. The SMILES string of the molecule is Cc1ccc(C(=O)C=CNc2ccc(N3CCOCC3)cc2)cc1. The van der Waals surface area contributed by atoms with Crippen LogP contribution < -0.4 is 10.2 Å². The van der Waals surface area contributed by atoms with Crippen molar-refractivity contribution in [3.8, 4) is 0 Å². The Balaban J connectivity index is 1.56. The smallest absolute Gasteiger partial charge is 0.187 e. The van der Waals surface area contributed by atoms with Crippen molar-refractivity contribution in [2.24, 2.45) is 0 Å². The van der Waals surface area contributed by atoms with Crippen LogP contribution in [0, 0.1) is 6.92 Å². The number of nitrogens with zero attached hydrogens (tertiary/aromatic N) is 1. The Hall–Kier alpha value is -2.59. The Bertz CT molecular complexity index is 699. The number of ether oxygens (including phenoxy) is 1. The molecule has 1 aliphatic heterocycles. The minimum absolute atomic E-state index is 0.00700. The topological polar surface area (TPSA) is 41.6 Å². The molecular formula is C20H22N2O2. The monoisotopic (exact) mass is 322 g/mol. The lowest BCUT2D eigenvalue weighted by atomic mass is 10.1. The molecule has 0 saturated carbocycles. The molecule has 0 radical (unpaired) electrons. The van der Waals surface area contributed by atoms with E-state index < -0.39 is 0 Å². The number of allylic oxidation sites excluding steroid dienone is 1. The highest BCUT2D eigenvalue weighted by molar-refractivity contribution is 6.04. The normalized spacial score (nSPS) is 14.8. The van der Waals surface area contributed by atoms with E-state index in [0.29, 0.717) is 5.56 Å². The van der Waals surface area contributed by atoms with Crippen LogP contribution in [0.1, 0.15) is 15.9 Å². The lowest BCUT2D eigenvalue weighted by Crippen LogP contribution is -2.36. The van der Waals surface area contributed by atoms with Gasteiger partial charge in [0.1, 0.15) is 0 Å². The molecule has 1 aliphatic rings. The molecule has 0 amide bonds. The number of carbonyl (C=O) groups is 1. The highest BCUT2D eigenvalue weighted by atomic mass is 16.5. The second kappa shape index (κ2) is 7.79. The van der Waals surface area contributed by atoms with Crippen LogP contribution in [0.4, 0.5) is 11.4 Å². The lowest BCUT2D eigenvalue weighted by Gasteiger charge is -2.28. The van der Waals surface area contributed by atoms with Gasteiger partial charge in [-0.3, -0.25) is 4.79 Å².